The Morgan fingerprint density at radius 3 is 2.65 bits per heavy atom. The number of hydrogen-bond donors (Lipinski definition) is 1. The zero-order valence-electron chi connectivity index (χ0n) is 12.1. The summed E-state index contributed by atoms with van der Waals surface area (Å²) >= 11 is 0. The van der Waals surface area contributed by atoms with Gasteiger partial charge < -0.3 is 10.2 Å². The first-order chi connectivity index (χ1) is 9.69. The highest BCUT2D eigenvalue weighted by atomic mass is 15.3. The Morgan fingerprint density at radius 1 is 1.35 bits per heavy atom. The number of piperidine rings is 1. The molecule has 1 aromatic heterocycles. The zero-order valence-corrected chi connectivity index (χ0v) is 12.1. The summed E-state index contributed by atoms with van der Waals surface area (Å²) < 4.78 is 0. The first-order valence-corrected chi connectivity index (χ1v) is 7.48. The third-order valence-corrected chi connectivity index (χ3v) is 4.44. The zero-order chi connectivity index (χ0) is 14.1. The highest BCUT2D eigenvalue weighted by molar-refractivity contribution is 5.37. The first kappa shape index (κ1) is 13.3. The molecule has 1 aromatic rings. The molecule has 0 aromatic carbocycles. The summed E-state index contributed by atoms with van der Waals surface area (Å²) in [7, 11) is 0. The van der Waals surface area contributed by atoms with Gasteiger partial charge in [0, 0.05) is 30.4 Å². The topological polar surface area (TPSA) is 64.8 Å². The number of aryl methyl sites for hydroxylation is 1. The van der Waals surface area contributed by atoms with Crippen LogP contribution in [0.15, 0.2) is 6.07 Å². The van der Waals surface area contributed by atoms with E-state index in [-0.39, 0.29) is 0 Å². The molecule has 3 rings (SSSR count). The van der Waals surface area contributed by atoms with Crippen LogP contribution in [0.1, 0.15) is 44.0 Å². The molecule has 2 atom stereocenters. The molecule has 0 saturated carbocycles. The summed E-state index contributed by atoms with van der Waals surface area (Å²) in [4.78, 5) is 11.2. The summed E-state index contributed by atoms with van der Waals surface area (Å²) in [6.45, 7) is 4.95. The third-order valence-electron chi connectivity index (χ3n) is 4.44. The lowest BCUT2D eigenvalue weighted by atomic mass is 9.98. The van der Waals surface area contributed by atoms with E-state index in [9.17, 15) is 0 Å². The second-order valence-electron chi connectivity index (χ2n) is 5.86. The van der Waals surface area contributed by atoms with Gasteiger partial charge in [-0.25, -0.2) is 9.97 Å². The van der Waals surface area contributed by atoms with E-state index in [1.807, 2.05) is 6.92 Å². The van der Waals surface area contributed by atoms with Crippen molar-refractivity contribution in [3.8, 4) is 6.07 Å². The Bertz CT molecular complexity index is 524. The van der Waals surface area contributed by atoms with Crippen molar-refractivity contribution in [1.29, 1.82) is 5.26 Å². The maximum Gasteiger partial charge on any atom is 0.227 e. The third kappa shape index (κ3) is 2.48. The molecule has 3 heterocycles. The molecule has 2 aliphatic rings. The molecule has 5 heteroatoms. The van der Waals surface area contributed by atoms with E-state index in [1.165, 1.54) is 12.8 Å². The second-order valence-corrected chi connectivity index (χ2v) is 5.86. The van der Waals surface area contributed by atoms with Gasteiger partial charge in [0.15, 0.2) is 0 Å². The van der Waals surface area contributed by atoms with Crippen LogP contribution in [-0.2, 0) is 0 Å². The maximum atomic E-state index is 9.08. The molecule has 2 fully saturated rings. The molecule has 5 nitrogen and oxygen atoms in total. The molecule has 2 unspecified atom stereocenters. The van der Waals surface area contributed by atoms with E-state index in [0.717, 1.165) is 31.0 Å². The van der Waals surface area contributed by atoms with Crippen LogP contribution in [0.4, 0.5) is 5.95 Å². The molecule has 0 aliphatic carbocycles. The van der Waals surface area contributed by atoms with Crippen molar-refractivity contribution in [3.63, 3.8) is 0 Å². The average Bonchev–Trinajstić information content (AvgIpc) is 2.78. The summed E-state index contributed by atoms with van der Waals surface area (Å²) in [5.41, 5.74) is 1.32. The van der Waals surface area contributed by atoms with Crippen LogP contribution in [0.3, 0.4) is 0 Å². The van der Waals surface area contributed by atoms with Gasteiger partial charge in [0.2, 0.25) is 5.95 Å². The van der Waals surface area contributed by atoms with Crippen LogP contribution >= 0.6 is 0 Å². The monoisotopic (exact) mass is 271 g/mol. The quantitative estimate of drug-likeness (QED) is 0.907. The van der Waals surface area contributed by atoms with Crippen molar-refractivity contribution in [2.75, 3.05) is 11.4 Å². The fourth-order valence-corrected chi connectivity index (χ4v) is 3.58. The van der Waals surface area contributed by atoms with Gasteiger partial charge in [-0.15, -0.1) is 0 Å². The Labute approximate surface area is 120 Å². The van der Waals surface area contributed by atoms with Gasteiger partial charge in [-0.05, 0) is 45.6 Å². The lowest BCUT2D eigenvalue weighted by Gasteiger charge is -2.37. The number of nitrogens with one attached hydrogen (secondary N) is 1. The molecule has 0 amide bonds. The predicted octanol–water partition coefficient (Wildman–Crippen LogP) is 1.77. The van der Waals surface area contributed by atoms with E-state index in [4.69, 9.17) is 5.26 Å². The Morgan fingerprint density at radius 2 is 2.05 bits per heavy atom. The highest BCUT2D eigenvalue weighted by Crippen LogP contribution is 2.31. The van der Waals surface area contributed by atoms with Crippen molar-refractivity contribution in [3.05, 3.63) is 17.5 Å². The van der Waals surface area contributed by atoms with E-state index in [1.54, 1.807) is 6.07 Å². The standard InChI is InChI=1S/C15H21N5/c1-3-20(14-7-11-4-5-12(8-14)18-11)15-17-10(2)6-13(9-16)19-15/h6,11-12,14,18H,3-5,7-8H2,1-2H3. The molecule has 2 aliphatic heterocycles. The van der Waals surface area contributed by atoms with Crippen LogP contribution < -0.4 is 10.2 Å². The van der Waals surface area contributed by atoms with Gasteiger partial charge >= 0.3 is 0 Å². The summed E-state index contributed by atoms with van der Waals surface area (Å²) in [6.07, 6.45) is 4.89. The number of rotatable bonds is 3. The van der Waals surface area contributed by atoms with Crippen LogP contribution in [0, 0.1) is 18.3 Å². The molecule has 2 bridgehead atoms. The number of hydrogen-bond acceptors (Lipinski definition) is 5. The molecule has 0 radical (unpaired) electrons. The number of nitrogens with zero attached hydrogens (tertiary/aromatic N) is 4. The fraction of sp³-hybridized carbons (Fsp3) is 0.667. The van der Waals surface area contributed by atoms with E-state index < -0.39 is 0 Å². The van der Waals surface area contributed by atoms with Crippen molar-refractivity contribution in [2.45, 2.75) is 57.7 Å². The van der Waals surface area contributed by atoms with Crippen molar-refractivity contribution in [1.82, 2.24) is 15.3 Å². The maximum absolute atomic E-state index is 9.08. The molecule has 0 spiro atoms. The van der Waals surface area contributed by atoms with E-state index in [2.05, 4.69) is 33.2 Å². The minimum absolute atomic E-state index is 0.461. The first-order valence-electron chi connectivity index (χ1n) is 7.48. The minimum Gasteiger partial charge on any atom is -0.338 e. The number of nitriles is 1. The van der Waals surface area contributed by atoms with Gasteiger partial charge in [-0.2, -0.15) is 5.26 Å². The smallest absolute Gasteiger partial charge is 0.227 e. The SMILES string of the molecule is CCN(c1nc(C)cc(C#N)n1)C1CC2CCC(C1)N2. The largest absolute Gasteiger partial charge is 0.338 e. The minimum atomic E-state index is 0.461. The number of aromatic nitrogens is 2. The van der Waals surface area contributed by atoms with Crippen molar-refractivity contribution < 1.29 is 0 Å². The predicted molar refractivity (Wildman–Crippen MR) is 77.5 cm³/mol. The van der Waals surface area contributed by atoms with Crippen molar-refractivity contribution in [2.24, 2.45) is 0 Å². The molecule has 2 saturated heterocycles. The van der Waals surface area contributed by atoms with Crippen LogP contribution in [0.5, 0.6) is 0 Å². The highest BCUT2D eigenvalue weighted by Gasteiger charge is 2.36. The van der Waals surface area contributed by atoms with Gasteiger partial charge in [-0.3, -0.25) is 0 Å². The normalized spacial score (nSPS) is 28.1. The van der Waals surface area contributed by atoms with Gasteiger partial charge in [-0.1, -0.05) is 0 Å². The van der Waals surface area contributed by atoms with Crippen molar-refractivity contribution >= 4 is 5.95 Å². The number of fused-ring (bicyclic) bond motifs is 2. The summed E-state index contributed by atoms with van der Waals surface area (Å²) in [6, 6.07) is 5.65. The number of anilines is 1. The van der Waals surface area contributed by atoms with Gasteiger partial charge in [0.1, 0.15) is 11.8 Å². The Hall–Kier alpha value is -1.67. The van der Waals surface area contributed by atoms with E-state index >= 15 is 0 Å². The van der Waals surface area contributed by atoms with Gasteiger partial charge in [0.05, 0.1) is 0 Å². The van der Waals surface area contributed by atoms with Crippen LogP contribution in [0.25, 0.3) is 0 Å². The molecular weight excluding hydrogens is 250 g/mol. The second kappa shape index (κ2) is 5.37. The van der Waals surface area contributed by atoms with Crippen LogP contribution in [0.2, 0.25) is 0 Å². The molecule has 106 valence electrons. The van der Waals surface area contributed by atoms with Crippen LogP contribution in [-0.4, -0.2) is 34.6 Å². The summed E-state index contributed by atoms with van der Waals surface area (Å²) in [5.74, 6) is 0.718. The fourth-order valence-electron chi connectivity index (χ4n) is 3.58. The van der Waals surface area contributed by atoms with E-state index in [0.29, 0.717) is 23.8 Å². The Balaban J connectivity index is 1.86. The Kier molecular flexibility index (Phi) is 3.58. The summed E-state index contributed by atoms with van der Waals surface area (Å²) in [5, 5.41) is 12.7. The molecule has 1 N–H and O–H groups in total. The molecule has 20 heavy (non-hydrogen) atoms. The molecular formula is C15H21N5. The average molecular weight is 271 g/mol. The van der Waals surface area contributed by atoms with Gasteiger partial charge in [0.25, 0.3) is 0 Å². The lowest BCUT2D eigenvalue weighted by Crippen LogP contribution is -2.49. The lowest BCUT2D eigenvalue weighted by molar-refractivity contribution is 0.346.